The standard InChI is InChI=1S/C11H9N3O2/c1-8(11-6-12-7-13-11)9-3-2-4-10(5-9)14(15)16/h2-7H,1H2,(H,12,13). The second-order valence-electron chi connectivity index (χ2n) is 3.24. The summed E-state index contributed by atoms with van der Waals surface area (Å²) in [7, 11) is 0. The lowest BCUT2D eigenvalue weighted by Gasteiger charge is -2.01. The molecule has 5 heteroatoms. The van der Waals surface area contributed by atoms with Gasteiger partial charge in [-0.3, -0.25) is 10.1 Å². The smallest absolute Gasteiger partial charge is 0.270 e. The Morgan fingerprint density at radius 1 is 1.50 bits per heavy atom. The Kier molecular flexibility index (Phi) is 2.51. The van der Waals surface area contributed by atoms with Crippen LogP contribution in [0, 0.1) is 10.1 Å². The first-order valence-electron chi connectivity index (χ1n) is 4.61. The minimum absolute atomic E-state index is 0.0502. The van der Waals surface area contributed by atoms with Gasteiger partial charge in [-0.05, 0) is 5.56 Å². The van der Waals surface area contributed by atoms with E-state index >= 15 is 0 Å². The van der Waals surface area contributed by atoms with Crippen molar-refractivity contribution in [3.63, 3.8) is 0 Å². The highest BCUT2D eigenvalue weighted by molar-refractivity contribution is 5.76. The zero-order chi connectivity index (χ0) is 11.5. The van der Waals surface area contributed by atoms with Gasteiger partial charge in [0.25, 0.3) is 5.69 Å². The number of benzene rings is 1. The number of non-ortho nitro benzene ring substituents is 1. The van der Waals surface area contributed by atoms with Crippen molar-refractivity contribution in [2.45, 2.75) is 0 Å². The van der Waals surface area contributed by atoms with Crippen LogP contribution >= 0.6 is 0 Å². The topological polar surface area (TPSA) is 71.8 Å². The van der Waals surface area contributed by atoms with Crippen LogP contribution in [0.3, 0.4) is 0 Å². The lowest BCUT2D eigenvalue weighted by molar-refractivity contribution is -0.384. The molecule has 16 heavy (non-hydrogen) atoms. The minimum atomic E-state index is -0.429. The predicted molar refractivity (Wildman–Crippen MR) is 59.8 cm³/mol. The first-order chi connectivity index (χ1) is 7.68. The SMILES string of the molecule is C=C(c1cccc([N+](=O)[O-])c1)c1c[nH]cn1. The van der Waals surface area contributed by atoms with E-state index in [2.05, 4.69) is 16.5 Å². The number of aromatic amines is 1. The summed E-state index contributed by atoms with van der Waals surface area (Å²) in [5, 5.41) is 10.6. The normalized spacial score (nSPS) is 10.0. The van der Waals surface area contributed by atoms with Gasteiger partial charge in [-0.15, -0.1) is 0 Å². The van der Waals surface area contributed by atoms with Crippen LogP contribution < -0.4 is 0 Å². The van der Waals surface area contributed by atoms with E-state index in [0.717, 1.165) is 0 Å². The first-order valence-corrected chi connectivity index (χ1v) is 4.61. The molecule has 0 atom stereocenters. The zero-order valence-electron chi connectivity index (χ0n) is 8.38. The van der Waals surface area contributed by atoms with E-state index in [9.17, 15) is 10.1 Å². The van der Waals surface area contributed by atoms with E-state index in [-0.39, 0.29) is 5.69 Å². The molecule has 0 saturated carbocycles. The molecule has 0 spiro atoms. The van der Waals surface area contributed by atoms with Crippen molar-refractivity contribution in [1.82, 2.24) is 9.97 Å². The molecule has 0 saturated heterocycles. The first kappa shape index (κ1) is 10.1. The largest absolute Gasteiger partial charge is 0.351 e. The summed E-state index contributed by atoms with van der Waals surface area (Å²) in [5.74, 6) is 0. The van der Waals surface area contributed by atoms with Crippen LogP contribution in [-0.2, 0) is 0 Å². The Bertz CT molecular complexity index is 532. The van der Waals surface area contributed by atoms with Gasteiger partial charge in [-0.2, -0.15) is 0 Å². The third kappa shape index (κ3) is 1.83. The molecule has 0 unspecified atom stereocenters. The Morgan fingerprint density at radius 2 is 2.31 bits per heavy atom. The monoisotopic (exact) mass is 215 g/mol. The van der Waals surface area contributed by atoms with E-state index < -0.39 is 4.92 Å². The number of hydrogen-bond donors (Lipinski definition) is 1. The van der Waals surface area contributed by atoms with Crippen LogP contribution in [0.1, 0.15) is 11.3 Å². The molecule has 0 radical (unpaired) electrons. The number of aromatic nitrogens is 2. The lowest BCUT2D eigenvalue weighted by atomic mass is 10.0. The summed E-state index contributed by atoms with van der Waals surface area (Å²) in [6.07, 6.45) is 3.24. The van der Waals surface area contributed by atoms with Crippen molar-refractivity contribution in [3.05, 3.63) is 64.7 Å². The van der Waals surface area contributed by atoms with Crippen LogP contribution in [-0.4, -0.2) is 14.9 Å². The van der Waals surface area contributed by atoms with E-state index in [1.807, 2.05) is 0 Å². The summed E-state index contributed by atoms with van der Waals surface area (Å²) in [5.41, 5.74) is 2.08. The molecule has 0 bridgehead atoms. The fourth-order valence-electron chi connectivity index (χ4n) is 1.38. The maximum absolute atomic E-state index is 10.6. The van der Waals surface area contributed by atoms with Crippen LogP contribution in [0.2, 0.25) is 0 Å². The van der Waals surface area contributed by atoms with Gasteiger partial charge in [0.2, 0.25) is 0 Å². The average molecular weight is 215 g/mol. The minimum Gasteiger partial charge on any atom is -0.351 e. The second-order valence-corrected chi connectivity index (χ2v) is 3.24. The molecule has 0 aliphatic heterocycles. The third-order valence-corrected chi connectivity index (χ3v) is 2.21. The van der Waals surface area contributed by atoms with Crippen LogP contribution in [0.5, 0.6) is 0 Å². The Hall–Kier alpha value is -2.43. The number of rotatable bonds is 3. The maximum atomic E-state index is 10.6. The number of nitrogens with zero attached hydrogens (tertiary/aromatic N) is 2. The molecule has 1 aromatic carbocycles. The molecular formula is C11H9N3O2. The van der Waals surface area contributed by atoms with Gasteiger partial charge in [0.1, 0.15) is 0 Å². The second kappa shape index (κ2) is 3.98. The fraction of sp³-hybridized carbons (Fsp3) is 0. The Labute approximate surface area is 91.6 Å². The number of nitro groups is 1. The average Bonchev–Trinajstić information content (AvgIpc) is 2.81. The molecule has 2 rings (SSSR count). The van der Waals surface area contributed by atoms with Gasteiger partial charge >= 0.3 is 0 Å². The van der Waals surface area contributed by atoms with Crippen molar-refractivity contribution in [1.29, 1.82) is 0 Å². The van der Waals surface area contributed by atoms with Gasteiger partial charge in [0.05, 0.1) is 16.9 Å². The molecule has 0 aliphatic rings. The molecule has 5 nitrogen and oxygen atoms in total. The van der Waals surface area contributed by atoms with Gasteiger partial charge in [0.15, 0.2) is 0 Å². The van der Waals surface area contributed by atoms with Crippen LogP contribution in [0.25, 0.3) is 5.57 Å². The highest BCUT2D eigenvalue weighted by Gasteiger charge is 2.09. The summed E-state index contributed by atoms with van der Waals surface area (Å²) in [6.45, 7) is 3.86. The van der Waals surface area contributed by atoms with Crippen molar-refractivity contribution in [2.24, 2.45) is 0 Å². The van der Waals surface area contributed by atoms with E-state index in [1.54, 1.807) is 18.3 Å². The maximum Gasteiger partial charge on any atom is 0.270 e. The molecular weight excluding hydrogens is 206 g/mol. The molecule has 1 heterocycles. The van der Waals surface area contributed by atoms with Gasteiger partial charge in [0, 0.05) is 23.9 Å². The highest BCUT2D eigenvalue weighted by atomic mass is 16.6. The molecule has 0 amide bonds. The van der Waals surface area contributed by atoms with Crippen molar-refractivity contribution in [3.8, 4) is 0 Å². The van der Waals surface area contributed by atoms with Crippen molar-refractivity contribution < 1.29 is 4.92 Å². The van der Waals surface area contributed by atoms with Gasteiger partial charge in [-0.1, -0.05) is 18.7 Å². The summed E-state index contributed by atoms with van der Waals surface area (Å²) >= 11 is 0. The summed E-state index contributed by atoms with van der Waals surface area (Å²) in [6, 6.07) is 6.33. The van der Waals surface area contributed by atoms with Gasteiger partial charge in [-0.25, -0.2) is 4.98 Å². The van der Waals surface area contributed by atoms with Crippen molar-refractivity contribution >= 4 is 11.3 Å². The number of imidazole rings is 1. The molecule has 1 N–H and O–H groups in total. The fourth-order valence-corrected chi connectivity index (χ4v) is 1.38. The van der Waals surface area contributed by atoms with Crippen LogP contribution in [0.15, 0.2) is 43.4 Å². The van der Waals surface area contributed by atoms with E-state index in [4.69, 9.17) is 0 Å². The lowest BCUT2D eigenvalue weighted by Crippen LogP contribution is -1.91. The number of hydrogen-bond acceptors (Lipinski definition) is 3. The third-order valence-electron chi connectivity index (χ3n) is 2.21. The summed E-state index contributed by atoms with van der Waals surface area (Å²) < 4.78 is 0. The zero-order valence-corrected chi connectivity index (χ0v) is 8.38. The number of H-pyrrole nitrogens is 1. The van der Waals surface area contributed by atoms with Crippen molar-refractivity contribution in [2.75, 3.05) is 0 Å². The van der Waals surface area contributed by atoms with Gasteiger partial charge < -0.3 is 4.98 Å². The quantitative estimate of drug-likeness (QED) is 0.631. The number of nitrogens with one attached hydrogen (secondary N) is 1. The molecule has 1 aromatic heterocycles. The molecule has 0 fully saturated rings. The Balaban J connectivity index is 2.38. The van der Waals surface area contributed by atoms with Crippen LogP contribution in [0.4, 0.5) is 5.69 Å². The summed E-state index contributed by atoms with van der Waals surface area (Å²) in [4.78, 5) is 17.0. The highest BCUT2D eigenvalue weighted by Crippen LogP contribution is 2.22. The Morgan fingerprint density at radius 3 is 2.94 bits per heavy atom. The molecule has 0 aliphatic carbocycles. The molecule has 80 valence electrons. The number of nitro benzene ring substituents is 1. The van der Waals surface area contributed by atoms with E-state index in [1.165, 1.54) is 18.5 Å². The van der Waals surface area contributed by atoms with E-state index in [0.29, 0.717) is 16.8 Å². The molecule has 2 aromatic rings. The predicted octanol–water partition coefficient (Wildman–Crippen LogP) is 2.38.